The van der Waals surface area contributed by atoms with E-state index in [2.05, 4.69) is 18.8 Å². The first-order chi connectivity index (χ1) is 8.50. The van der Waals surface area contributed by atoms with Gasteiger partial charge >= 0.3 is 0 Å². The van der Waals surface area contributed by atoms with Crippen LogP contribution in [0.2, 0.25) is 5.02 Å². The summed E-state index contributed by atoms with van der Waals surface area (Å²) < 4.78 is 5.92. The molecule has 4 heteroatoms. The Bertz CT molecular complexity index is 410. The Balaban J connectivity index is 1.98. The molecule has 1 fully saturated rings. The first-order valence-corrected chi connectivity index (χ1v) is 7.29. The van der Waals surface area contributed by atoms with Crippen LogP contribution < -0.4 is 4.74 Å². The molecule has 1 aliphatic rings. The van der Waals surface area contributed by atoms with Gasteiger partial charge in [-0.05, 0) is 37.2 Å². The predicted molar refractivity (Wildman–Crippen MR) is 75.5 cm³/mol. The Labute approximate surface area is 119 Å². The van der Waals surface area contributed by atoms with Crippen molar-refractivity contribution in [2.24, 2.45) is 5.41 Å². The van der Waals surface area contributed by atoms with E-state index in [1.807, 2.05) is 6.07 Å². The van der Waals surface area contributed by atoms with Gasteiger partial charge in [0.25, 0.3) is 0 Å². The number of nitrogens with zero attached hydrogens (tertiary/aromatic N) is 1. The SMILES string of the molecule is CC1(C)CCC(Oc2ccc(Cl)c(CCl)n2)CC1. The molecule has 0 amide bonds. The van der Waals surface area contributed by atoms with Gasteiger partial charge in [-0.2, -0.15) is 0 Å². The van der Waals surface area contributed by atoms with Crippen LogP contribution >= 0.6 is 23.2 Å². The van der Waals surface area contributed by atoms with E-state index in [0.29, 0.717) is 27.9 Å². The van der Waals surface area contributed by atoms with E-state index >= 15 is 0 Å². The fraction of sp³-hybridized carbons (Fsp3) is 0.643. The molecule has 0 unspecified atom stereocenters. The average Bonchev–Trinajstić information content (AvgIpc) is 2.34. The van der Waals surface area contributed by atoms with Crippen LogP contribution in [0.5, 0.6) is 5.88 Å². The van der Waals surface area contributed by atoms with E-state index in [-0.39, 0.29) is 6.10 Å². The third-order valence-corrected chi connectivity index (χ3v) is 4.19. The quantitative estimate of drug-likeness (QED) is 0.744. The molecule has 0 N–H and O–H groups in total. The predicted octanol–water partition coefficient (Wildman–Crippen LogP) is 4.82. The summed E-state index contributed by atoms with van der Waals surface area (Å²) in [5, 5.41) is 0.599. The van der Waals surface area contributed by atoms with Crippen LogP contribution in [0.1, 0.15) is 45.2 Å². The van der Waals surface area contributed by atoms with E-state index in [9.17, 15) is 0 Å². The second-order valence-corrected chi connectivity index (χ2v) is 6.37. The largest absolute Gasteiger partial charge is 0.474 e. The maximum absolute atomic E-state index is 5.97. The highest BCUT2D eigenvalue weighted by Crippen LogP contribution is 2.36. The first kappa shape index (κ1) is 14.0. The Morgan fingerprint density at radius 1 is 1.33 bits per heavy atom. The van der Waals surface area contributed by atoms with Gasteiger partial charge in [-0.3, -0.25) is 0 Å². The zero-order chi connectivity index (χ0) is 13.2. The number of halogens is 2. The van der Waals surface area contributed by atoms with Gasteiger partial charge in [0.05, 0.1) is 16.6 Å². The number of hydrogen-bond donors (Lipinski definition) is 0. The summed E-state index contributed by atoms with van der Waals surface area (Å²) in [6.07, 6.45) is 4.86. The fourth-order valence-electron chi connectivity index (χ4n) is 2.29. The van der Waals surface area contributed by atoms with Gasteiger partial charge in [-0.1, -0.05) is 25.4 Å². The average molecular weight is 288 g/mol. The van der Waals surface area contributed by atoms with Crippen molar-refractivity contribution in [3.05, 3.63) is 22.8 Å². The van der Waals surface area contributed by atoms with Gasteiger partial charge in [-0.15, -0.1) is 11.6 Å². The number of aromatic nitrogens is 1. The minimum absolute atomic E-state index is 0.273. The van der Waals surface area contributed by atoms with E-state index in [1.165, 1.54) is 12.8 Å². The molecule has 2 nitrogen and oxygen atoms in total. The molecule has 18 heavy (non-hydrogen) atoms. The standard InChI is InChI=1S/C14H19Cl2NO/c1-14(2)7-5-10(6-8-14)18-13-4-3-11(16)12(9-15)17-13/h3-4,10H,5-9H2,1-2H3. The Hall–Kier alpha value is -0.470. The van der Waals surface area contributed by atoms with Gasteiger partial charge in [0.15, 0.2) is 0 Å². The van der Waals surface area contributed by atoms with E-state index in [0.717, 1.165) is 12.8 Å². The van der Waals surface area contributed by atoms with Crippen molar-refractivity contribution in [2.45, 2.75) is 51.5 Å². The fourth-order valence-corrected chi connectivity index (χ4v) is 2.73. The third kappa shape index (κ3) is 3.52. The Morgan fingerprint density at radius 2 is 2.00 bits per heavy atom. The lowest BCUT2D eigenvalue weighted by Gasteiger charge is -2.34. The molecule has 0 aliphatic heterocycles. The summed E-state index contributed by atoms with van der Waals surface area (Å²) in [6.45, 7) is 4.63. The van der Waals surface area contributed by atoms with Crippen molar-refractivity contribution in [2.75, 3.05) is 0 Å². The Morgan fingerprint density at radius 3 is 2.61 bits per heavy atom. The number of alkyl halides is 1. The molecule has 0 spiro atoms. The van der Waals surface area contributed by atoms with E-state index in [4.69, 9.17) is 27.9 Å². The molecule has 1 aromatic heterocycles. The topological polar surface area (TPSA) is 22.1 Å². The highest BCUT2D eigenvalue weighted by atomic mass is 35.5. The van der Waals surface area contributed by atoms with Crippen molar-refractivity contribution in [1.29, 1.82) is 0 Å². The van der Waals surface area contributed by atoms with Gasteiger partial charge in [-0.25, -0.2) is 4.98 Å². The highest BCUT2D eigenvalue weighted by molar-refractivity contribution is 6.32. The van der Waals surface area contributed by atoms with Crippen LogP contribution in [0.25, 0.3) is 0 Å². The lowest BCUT2D eigenvalue weighted by molar-refractivity contribution is 0.0948. The Kier molecular flexibility index (Phi) is 4.39. The molecule has 1 heterocycles. The summed E-state index contributed by atoms with van der Waals surface area (Å²) in [5.74, 6) is 0.952. The maximum Gasteiger partial charge on any atom is 0.213 e. The van der Waals surface area contributed by atoms with Crippen molar-refractivity contribution >= 4 is 23.2 Å². The molecule has 0 saturated heterocycles. The zero-order valence-electron chi connectivity index (χ0n) is 10.9. The molecular formula is C14H19Cl2NO. The van der Waals surface area contributed by atoms with Crippen LogP contribution in [0.3, 0.4) is 0 Å². The minimum Gasteiger partial charge on any atom is -0.474 e. The van der Waals surface area contributed by atoms with Gasteiger partial charge in [0.1, 0.15) is 6.10 Å². The molecule has 0 radical (unpaired) electrons. The van der Waals surface area contributed by atoms with Gasteiger partial charge < -0.3 is 4.74 Å². The normalized spacial score (nSPS) is 19.8. The van der Waals surface area contributed by atoms with Crippen LogP contribution in [0.4, 0.5) is 0 Å². The van der Waals surface area contributed by atoms with Crippen LogP contribution in [-0.4, -0.2) is 11.1 Å². The first-order valence-electron chi connectivity index (χ1n) is 6.38. The molecule has 100 valence electrons. The summed E-state index contributed by atoms with van der Waals surface area (Å²) in [6, 6.07) is 3.62. The zero-order valence-corrected chi connectivity index (χ0v) is 12.4. The molecule has 0 aromatic carbocycles. The number of ether oxygens (including phenoxy) is 1. The molecule has 0 bridgehead atoms. The molecule has 0 atom stereocenters. The highest BCUT2D eigenvalue weighted by Gasteiger charge is 2.28. The summed E-state index contributed by atoms with van der Waals surface area (Å²) >= 11 is 11.8. The van der Waals surface area contributed by atoms with E-state index in [1.54, 1.807) is 6.07 Å². The maximum atomic E-state index is 5.97. The second kappa shape index (κ2) is 5.66. The number of pyridine rings is 1. The summed E-state index contributed by atoms with van der Waals surface area (Å²) in [4.78, 5) is 4.34. The molecule has 1 saturated carbocycles. The summed E-state index contributed by atoms with van der Waals surface area (Å²) in [5.41, 5.74) is 1.14. The van der Waals surface area contributed by atoms with Crippen molar-refractivity contribution in [1.82, 2.24) is 4.98 Å². The van der Waals surface area contributed by atoms with Gasteiger partial charge in [0, 0.05) is 6.07 Å². The molecule has 1 aliphatic carbocycles. The van der Waals surface area contributed by atoms with Crippen molar-refractivity contribution in [3.63, 3.8) is 0 Å². The second-order valence-electron chi connectivity index (χ2n) is 5.69. The number of rotatable bonds is 3. The van der Waals surface area contributed by atoms with Crippen LogP contribution in [-0.2, 0) is 5.88 Å². The molecular weight excluding hydrogens is 269 g/mol. The van der Waals surface area contributed by atoms with Gasteiger partial charge in [0.2, 0.25) is 5.88 Å². The minimum atomic E-state index is 0.273. The molecule has 1 aromatic rings. The van der Waals surface area contributed by atoms with Crippen LogP contribution in [0.15, 0.2) is 12.1 Å². The molecule has 2 rings (SSSR count). The summed E-state index contributed by atoms with van der Waals surface area (Å²) in [7, 11) is 0. The van der Waals surface area contributed by atoms with Crippen molar-refractivity contribution < 1.29 is 4.74 Å². The lowest BCUT2D eigenvalue weighted by Crippen LogP contribution is -2.28. The smallest absolute Gasteiger partial charge is 0.213 e. The van der Waals surface area contributed by atoms with E-state index < -0.39 is 0 Å². The monoisotopic (exact) mass is 287 g/mol. The third-order valence-electron chi connectivity index (χ3n) is 3.59. The number of hydrogen-bond acceptors (Lipinski definition) is 2. The van der Waals surface area contributed by atoms with Crippen LogP contribution in [0, 0.1) is 5.41 Å². The van der Waals surface area contributed by atoms with Crippen molar-refractivity contribution in [3.8, 4) is 5.88 Å². The lowest BCUT2D eigenvalue weighted by atomic mass is 9.76.